The fourth-order valence-electron chi connectivity index (χ4n) is 4.18. The van der Waals surface area contributed by atoms with Crippen LogP contribution in [-0.4, -0.2) is 50.9 Å². The van der Waals surface area contributed by atoms with Crippen LogP contribution in [0.1, 0.15) is 60.1 Å². The van der Waals surface area contributed by atoms with Crippen molar-refractivity contribution < 1.29 is 18.8 Å². The summed E-state index contributed by atoms with van der Waals surface area (Å²) in [6, 6.07) is 2.00. The third-order valence-electron chi connectivity index (χ3n) is 6.52. The molecule has 0 aromatic carbocycles. The lowest BCUT2D eigenvalue weighted by atomic mass is 9.78. The topological polar surface area (TPSA) is 72.0 Å². The van der Waals surface area contributed by atoms with E-state index in [0.717, 1.165) is 53.6 Å². The number of fused-ring (bicyclic) bond motifs is 3. The monoisotopic (exact) mass is 412 g/mol. The van der Waals surface area contributed by atoms with Crippen molar-refractivity contribution in [3.05, 3.63) is 18.5 Å². The largest absolute Gasteiger partial charge is 0.497 e. The highest BCUT2D eigenvalue weighted by Crippen LogP contribution is 2.37. The molecule has 0 spiro atoms. The summed E-state index contributed by atoms with van der Waals surface area (Å²) < 4.78 is 28.2. The first-order valence-electron chi connectivity index (χ1n) is 10.8. The van der Waals surface area contributed by atoms with Crippen molar-refractivity contribution in [2.75, 3.05) is 13.2 Å². The van der Waals surface area contributed by atoms with Gasteiger partial charge in [0.05, 0.1) is 41.1 Å². The maximum atomic E-state index is 6.36. The van der Waals surface area contributed by atoms with E-state index >= 15 is 0 Å². The minimum Gasteiger partial charge on any atom is -0.492 e. The van der Waals surface area contributed by atoms with Crippen LogP contribution >= 0.6 is 0 Å². The van der Waals surface area contributed by atoms with Gasteiger partial charge in [0.25, 0.3) is 0 Å². The van der Waals surface area contributed by atoms with Crippen molar-refractivity contribution in [1.29, 1.82) is 0 Å². The van der Waals surface area contributed by atoms with Crippen LogP contribution < -0.4 is 10.2 Å². The number of hydrogen-bond acceptors (Lipinski definition) is 6. The van der Waals surface area contributed by atoms with Gasteiger partial charge in [-0.15, -0.1) is 5.10 Å². The minimum atomic E-state index is -0.521. The van der Waals surface area contributed by atoms with E-state index in [1.807, 2.05) is 34.6 Å². The molecule has 1 unspecified atom stereocenters. The Kier molecular flexibility index (Phi) is 4.61. The first-order chi connectivity index (χ1) is 14.3. The zero-order chi connectivity index (χ0) is 21.1. The van der Waals surface area contributed by atoms with Crippen LogP contribution in [0.3, 0.4) is 0 Å². The highest BCUT2D eigenvalue weighted by atomic mass is 16.7. The van der Waals surface area contributed by atoms with Gasteiger partial charge in [-0.05, 0) is 59.9 Å². The van der Waals surface area contributed by atoms with Gasteiger partial charge in [0.2, 0.25) is 0 Å². The van der Waals surface area contributed by atoms with Gasteiger partial charge in [-0.25, -0.2) is 9.20 Å². The summed E-state index contributed by atoms with van der Waals surface area (Å²) in [6.45, 7) is 11.5. The maximum absolute atomic E-state index is 6.36. The Morgan fingerprint density at radius 2 is 1.97 bits per heavy atom. The van der Waals surface area contributed by atoms with E-state index in [1.165, 1.54) is 0 Å². The van der Waals surface area contributed by atoms with Gasteiger partial charge in [0.1, 0.15) is 5.75 Å². The second-order valence-corrected chi connectivity index (χ2v) is 9.09. The first-order valence-corrected chi connectivity index (χ1v) is 10.8. The Morgan fingerprint density at radius 1 is 1.20 bits per heavy atom. The van der Waals surface area contributed by atoms with E-state index in [0.29, 0.717) is 6.61 Å². The quantitative estimate of drug-likeness (QED) is 0.614. The lowest BCUT2D eigenvalue weighted by molar-refractivity contribution is -0.0370. The van der Waals surface area contributed by atoms with E-state index in [2.05, 4.69) is 32.8 Å². The average molecular weight is 412 g/mol. The van der Waals surface area contributed by atoms with Crippen LogP contribution in [0.2, 0.25) is 0 Å². The molecule has 0 aliphatic carbocycles. The predicted octanol–water partition coefficient (Wildman–Crippen LogP) is 3.08. The molecule has 0 amide bonds. The highest BCUT2D eigenvalue weighted by Gasteiger charge is 2.52. The lowest BCUT2D eigenvalue weighted by Crippen LogP contribution is -2.41. The zero-order valence-corrected chi connectivity index (χ0v) is 18.3. The molecule has 0 saturated carbocycles. The average Bonchev–Trinajstić information content (AvgIpc) is 3.32. The summed E-state index contributed by atoms with van der Waals surface area (Å²) in [5, 5.41) is 10.4. The summed E-state index contributed by atoms with van der Waals surface area (Å²) in [4.78, 5) is 0. The van der Waals surface area contributed by atoms with E-state index in [1.54, 1.807) is 0 Å². The Morgan fingerprint density at radius 3 is 2.63 bits per heavy atom. The molecular formula is C21H29BN4O4. The summed E-state index contributed by atoms with van der Waals surface area (Å²) >= 11 is 0. The van der Waals surface area contributed by atoms with Crippen molar-refractivity contribution in [3.8, 4) is 5.75 Å². The molecule has 5 heterocycles. The van der Waals surface area contributed by atoms with Crippen LogP contribution in [0.5, 0.6) is 5.75 Å². The molecule has 3 aromatic heterocycles. The third-order valence-corrected chi connectivity index (χ3v) is 6.52. The molecule has 3 aromatic rings. The van der Waals surface area contributed by atoms with Gasteiger partial charge in [0, 0.05) is 12.1 Å². The SMILES string of the molecule is CCOc1cc(B2OC(C)(C)C(C)(C)O2)c2c3cnn(C4CCCCO4)c3nn2c1. The molecule has 1 atom stereocenters. The molecule has 30 heavy (non-hydrogen) atoms. The molecule has 5 rings (SSSR count). The summed E-state index contributed by atoms with van der Waals surface area (Å²) in [5.41, 5.74) is 1.75. The van der Waals surface area contributed by atoms with Gasteiger partial charge in [-0.1, -0.05) is 0 Å². The smallest absolute Gasteiger partial charge is 0.492 e. The molecule has 9 heteroatoms. The van der Waals surface area contributed by atoms with Crippen molar-refractivity contribution in [2.24, 2.45) is 0 Å². The van der Waals surface area contributed by atoms with Gasteiger partial charge in [-0.3, -0.25) is 0 Å². The van der Waals surface area contributed by atoms with Crippen molar-refractivity contribution in [2.45, 2.75) is 71.3 Å². The molecule has 160 valence electrons. The Balaban J connectivity index is 1.67. The van der Waals surface area contributed by atoms with Crippen molar-refractivity contribution in [3.63, 3.8) is 0 Å². The standard InChI is InChI=1S/C21H29BN4O4/c1-6-27-14-11-16(22-29-20(2,3)21(4,5)30-22)18-15-12-23-26(17-9-7-8-10-28-17)19(15)24-25(18)13-14/h11-13,17H,6-10H2,1-5H3. The Labute approximate surface area is 176 Å². The van der Waals surface area contributed by atoms with Gasteiger partial charge < -0.3 is 18.8 Å². The van der Waals surface area contributed by atoms with Gasteiger partial charge >= 0.3 is 7.12 Å². The maximum Gasteiger partial charge on any atom is 0.497 e. The van der Waals surface area contributed by atoms with Crippen LogP contribution in [0, 0.1) is 0 Å². The molecule has 2 fully saturated rings. The molecule has 2 saturated heterocycles. The van der Waals surface area contributed by atoms with E-state index in [4.69, 9.17) is 23.9 Å². The third kappa shape index (κ3) is 3.02. The molecule has 2 aliphatic heterocycles. The van der Waals surface area contributed by atoms with Crippen molar-refractivity contribution >= 4 is 29.1 Å². The fourth-order valence-corrected chi connectivity index (χ4v) is 4.18. The van der Waals surface area contributed by atoms with Crippen LogP contribution in [0.15, 0.2) is 18.5 Å². The van der Waals surface area contributed by atoms with Crippen LogP contribution in [-0.2, 0) is 14.0 Å². The van der Waals surface area contributed by atoms with Gasteiger partial charge in [-0.2, -0.15) is 5.10 Å². The lowest BCUT2D eigenvalue weighted by Gasteiger charge is -2.32. The Hall–Kier alpha value is -2.10. The van der Waals surface area contributed by atoms with E-state index in [-0.39, 0.29) is 6.23 Å². The molecule has 0 bridgehead atoms. The second kappa shape index (κ2) is 6.97. The number of hydrogen-bond donors (Lipinski definition) is 0. The van der Waals surface area contributed by atoms with E-state index in [9.17, 15) is 0 Å². The molecule has 2 aliphatic rings. The molecule has 8 nitrogen and oxygen atoms in total. The summed E-state index contributed by atoms with van der Waals surface area (Å²) in [5.74, 6) is 0.730. The first kappa shape index (κ1) is 19.8. The van der Waals surface area contributed by atoms with Crippen molar-refractivity contribution in [1.82, 2.24) is 19.4 Å². The normalized spacial score (nSPS) is 23.5. The number of pyridine rings is 1. The van der Waals surface area contributed by atoms with Crippen LogP contribution in [0.4, 0.5) is 0 Å². The number of nitrogens with zero attached hydrogens (tertiary/aromatic N) is 4. The minimum absolute atomic E-state index is 0.0761. The summed E-state index contributed by atoms with van der Waals surface area (Å²) in [6.07, 6.45) is 6.86. The molecule has 0 radical (unpaired) electrons. The molecular weight excluding hydrogens is 383 g/mol. The zero-order valence-electron chi connectivity index (χ0n) is 18.3. The van der Waals surface area contributed by atoms with Crippen LogP contribution in [0.25, 0.3) is 16.6 Å². The summed E-state index contributed by atoms with van der Waals surface area (Å²) in [7, 11) is -0.521. The second-order valence-electron chi connectivity index (χ2n) is 9.09. The number of rotatable bonds is 4. The Bertz CT molecular complexity index is 1070. The van der Waals surface area contributed by atoms with Gasteiger partial charge in [0.15, 0.2) is 11.9 Å². The number of aromatic nitrogens is 4. The van der Waals surface area contributed by atoms with E-state index < -0.39 is 18.3 Å². The fraction of sp³-hybridized carbons (Fsp3) is 0.619. The number of ether oxygens (including phenoxy) is 2. The predicted molar refractivity (Wildman–Crippen MR) is 114 cm³/mol. The highest BCUT2D eigenvalue weighted by molar-refractivity contribution is 6.65. The molecule has 0 N–H and O–H groups in total.